The van der Waals surface area contributed by atoms with E-state index in [9.17, 15) is 0 Å². The standard InChI is InChI=1S/C16H25ClN2O2/c1-20-9-8-19(12-15-4-3-7-18-15)11-13-10-14(17)5-6-16(13)21-2/h5-6,10,15,18H,3-4,7-9,11-12H2,1-2H3. The molecule has 1 unspecified atom stereocenters. The quantitative estimate of drug-likeness (QED) is 0.800. The zero-order valence-corrected chi connectivity index (χ0v) is 13.7. The second kappa shape index (κ2) is 8.59. The van der Waals surface area contributed by atoms with E-state index in [0.717, 1.165) is 49.1 Å². The van der Waals surface area contributed by atoms with Gasteiger partial charge < -0.3 is 14.8 Å². The maximum absolute atomic E-state index is 6.12. The molecule has 118 valence electrons. The van der Waals surface area contributed by atoms with Crippen molar-refractivity contribution in [1.82, 2.24) is 10.2 Å². The van der Waals surface area contributed by atoms with E-state index in [0.29, 0.717) is 6.04 Å². The first-order valence-corrected chi connectivity index (χ1v) is 7.88. The Morgan fingerprint density at radius 3 is 2.90 bits per heavy atom. The lowest BCUT2D eigenvalue weighted by Gasteiger charge is -2.26. The smallest absolute Gasteiger partial charge is 0.123 e. The first-order valence-electron chi connectivity index (χ1n) is 7.50. The molecule has 1 aliphatic rings. The van der Waals surface area contributed by atoms with E-state index >= 15 is 0 Å². The summed E-state index contributed by atoms with van der Waals surface area (Å²) in [5, 5.41) is 4.30. The van der Waals surface area contributed by atoms with Gasteiger partial charge in [0.1, 0.15) is 5.75 Å². The van der Waals surface area contributed by atoms with Crippen LogP contribution in [0.25, 0.3) is 0 Å². The highest BCUT2D eigenvalue weighted by Gasteiger charge is 2.19. The Hall–Kier alpha value is -0.810. The molecular formula is C16H25ClN2O2. The van der Waals surface area contributed by atoms with Crippen LogP contribution >= 0.6 is 11.6 Å². The summed E-state index contributed by atoms with van der Waals surface area (Å²) in [6, 6.07) is 6.36. The summed E-state index contributed by atoms with van der Waals surface area (Å²) >= 11 is 6.12. The molecule has 0 spiro atoms. The molecule has 0 aromatic heterocycles. The molecule has 0 saturated carbocycles. The summed E-state index contributed by atoms with van der Waals surface area (Å²) in [6.45, 7) is 4.62. The maximum Gasteiger partial charge on any atom is 0.123 e. The van der Waals surface area contributed by atoms with E-state index in [2.05, 4.69) is 10.2 Å². The zero-order valence-electron chi connectivity index (χ0n) is 12.9. The molecular weight excluding hydrogens is 288 g/mol. The molecule has 1 aliphatic heterocycles. The highest BCUT2D eigenvalue weighted by Crippen LogP contribution is 2.24. The van der Waals surface area contributed by atoms with Crippen molar-refractivity contribution in [2.24, 2.45) is 0 Å². The average molecular weight is 313 g/mol. The van der Waals surface area contributed by atoms with Gasteiger partial charge in [0, 0.05) is 43.4 Å². The second-order valence-electron chi connectivity index (χ2n) is 5.48. The fourth-order valence-electron chi connectivity index (χ4n) is 2.79. The lowest BCUT2D eigenvalue weighted by molar-refractivity contribution is 0.137. The molecule has 21 heavy (non-hydrogen) atoms. The number of ether oxygens (including phenoxy) is 2. The van der Waals surface area contributed by atoms with Gasteiger partial charge in [-0.3, -0.25) is 4.90 Å². The summed E-state index contributed by atoms with van der Waals surface area (Å²) in [5.41, 5.74) is 1.12. The molecule has 0 amide bonds. The van der Waals surface area contributed by atoms with E-state index in [1.807, 2.05) is 18.2 Å². The van der Waals surface area contributed by atoms with Gasteiger partial charge in [0.15, 0.2) is 0 Å². The van der Waals surface area contributed by atoms with Gasteiger partial charge in [-0.05, 0) is 37.6 Å². The third-order valence-corrected chi connectivity index (χ3v) is 4.12. The number of rotatable bonds is 8. The Kier molecular flexibility index (Phi) is 6.77. The molecule has 1 aromatic carbocycles. The van der Waals surface area contributed by atoms with E-state index in [4.69, 9.17) is 21.1 Å². The van der Waals surface area contributed by atoms with Crippen LogP contribution in [-0.4, -0.2) is 51.4 Å². The summed E-state index contributed by atoms with van der Waals surface area (Å²) in [5.74, 6) is 0.890. The van der Waals surface area contributed by atoms with Crippen molar-refractivity contribution in [2.45, 2.75) is 25.4 Å². The molecule has 1 N–H and O–H groups in total. The van der Waals surface area contributed by atoms with Crippen LogP contribution in [0, 0.1) is 0 Å². The second-order valence-corrected chi connectivity index (χ2v) is 5.91. The number of benzene rings is 1. The number of hydrogen-bond acceptors (Lipinski definition) is 4. The molecule has 0 radical (unpaired) electrons. The fourth-order valence-corrected chi connectivity index (χ4v) is 2.99. The lowest BCUT2D eigenvalue weighted by atomic mass is 10.1. The summed E-state index contributed by atoms with van der Waals surface area (Å²) in [6.07, 6.45) is 2.51. The van der Waals surface area contributed by atoms with Gasteiger partial charge in [0.25, 0.3) is 0 Å². The van der Waals surface area contributed by atoms with Crippen molar-refractivity contribution in [3.63, 3.8) is 0 Å². The normalized spacial score (nSPS) is 18.4. The van der Waals surface area contributed by atoms with Gasteiger partial charge in [-0.1, -0.05) is 11.6 Å². The molecule has 5 heteroatoms. The first kappa shape index (κ1) is 16.6. The van der Waals surface area contributed by atoms with Gasteiger partial charge in [0.2, 0.25) is 0 Å². The van der Waals surface area contributed by atoms with Crippen LogP contribution in [0.5, 0.6) is 5.75 Å². The Morgan fingerprint density at radius 2 is 2.24 bits per heavy atom. The predicted octanol–water partition coefficient (Wildman–Crippen LogP) is 2.55. The average Bonchev–Trinajstić information content (AvgIpc) is 2.98. The minimum atomic E-state index is 0.576. The number of methoxy groups -OCH3 is 2. The molecule has 0 bridgehead atoms. The van der Waals surface area contributed by atoms with Gasteiger partial charge in [-0.25, -0.2) is 0 Å². The number of hydrogen-bond donors (Lipinski definition) is 1. The number of nitrogens with one attached hydrogen (secondary N) is 1. The van der Waals surface area contributed by atoms with Crippen molar-refractivity contribution in [2.75, 3.05) is 40.5 Å². The summed E-state index contributed by atoms with van der Waals surface area (Å²) < 4.78 is 10.7. The van der Waals surface area contributed by atoms with Crippen LogP contribution in [-0.2, 0) is 11.3 Å². The van der Waals surface area contributed by atoms with Crippen molar-refractivity contribution < 1.29 is 9.47 Å². The SMILES string of the molecule is COCCN(Cc1cc(Cl)ccc1OC)CC1CCCN1. The summed E-state index contributed by atoms with van der Waals surface area (Å²) in [7, 11) is 3.44. The Morgan fingerprint density at radius 1 is 1.38 bits per heavy atom. The van der Waals surface area contributed by atoms with Crippen LogP contribution in [0.15, 0.2) is 18.2 Å². The van der Waals surface area contributed by atoms with Crippen molar-refractivity contribution in [3.05, 3.63) is 28.8 Å². The first-order chi connectivity index (χ1) is 10.2. The van der Waals surface area contributed by atoms with E-state index < -0.39 is 0 Å². The molecule has 1 fully saturated rings. The summed E-state index contributed by atoms with van der Waals surface area (Å²) in [4.78, 5) is 2.40. The van der Waals surface area contributed by atoms with Crippen molar-refractivity contribution in [3.8, 4) is 5.75 Å². The van der Waals surface area contributed by atoms with Crippen LogP contribution in [0.3, 0.4) is 0 Å². The maximum atomic E-state index is 6.12. The van der Waals surface area contributed by atoms with E-state index in [-0.39, 0.29) is 0 Å². The van der Waals surface area contributed by atoms with E-state index in [1.165, 1.54) is 12.8 Å². The number of nitrogens with zero attached hydrogens (tertiary/aromatic N) is 1. The Balaban J connectivity index is 2.03. The molecule has 1 atom stereocenters. The minimum absolute atomic E-state index is 0.576. The highest BCUT2D eigenvalue weighted by atomic mass is 35.5. The number of halogens is 1. The third kappa shape index (κ3) is 5.15. The van der Waals surface area contributed by atoms with Gasteiger partial charge in [-0.15, -0.1) is 0 Å². The van der Waals surface area contributed by atoms with Crippen LogP contribution < -0.4 is 10.1 Å². The molecule has 1 saturated heterocycles. The lowest BCUT2D eigenvalue weighted by Crippen LogP contribution is -2.38. The monoisotopic (exact) mass is 312 g/mol. The van der Waals surface area contributed by atoms with Crippen molar-refractivity contribution in [1.29, 1.82) is 0 Å². The Bertz CT molecular complexity index is 436. The van der Waals surface area contributed by atoms with Gasteiger partial charge in [0.05, 0.1) is 13.7 Å². The predicted molar refractivity (Wildman–Crippen MR) is 86.2 cm³/mol. The Labute approximate surface area is 132 Å². The third-order valence-electron chi connectivity index (χ3n) is 3.89. The zero-order chi connectivity index (χ0) is 15.1. The van der Waals surface area contributed by atoms with Crippen LogP contribution in [0.1, 0.15) is 18.4 Å². The molecule has 2 rings (SSSR count). The van der Waals surface area contributed by atoms with E-state index in [1.54, 1.807) is 14.2 Å². The molecule has 0 aliphatic carbocycles. The highest BCUT2D eigenvalue weighted by molar-refractivity contribution is 6.30. The van der Waals surface area contributed by atoms with Crippen LogP contribution in [0.2, 0.25) is 5.02 Å². The largest absolute Gasteiger partial charge is 0.496 e. The molecule has 4 nitrogen and oxygen atoms in total. The molecule has 1 heterocycles. The topological polar surface area (TPSA) is 33.7 Å². The van der Waals surface area contributed by atoms with Crippen molar-refractivity contribution >= 4 is 11.6 Å². The fraction of sp³-hybridized carbons (Fsp3) is 0.625. The van der Waals surface area contributed by atoms with Crippen LogP contribution in [0.4, 0.5) is 0 Å². The molecule has 1 aromatic rings. The van der Waals surface area contributed by atoms with Gasteiger partial charge in [-0.2, -0.15) is 0 Å². The van der Waals surface area contributed by atoms with Gasteiger partial charge >= 0.3 is 0 Å². The minimum Gasteiger partial charge on any atom is -0.496 e.